The summed E-state index contributed by atoms with van der Waals surface area (Å²) < 4.78 is 4.49. The number of methoxy groups -OCH3 is 1. The molecule has 19 heavy (non-hydrogen) atoms. The Bertz CT molecular complexity index is 493. The maximum Gasteiger partial charge on any atom is 0.306 e. The Balaban J connectivity index is 3.03. The zero-order valence-electron chi connectivity index (χ0n) is 12.5. The fraction of sp³-hybridized carbons (Fsp3) is 0.533. The van der Waals surface area contributed by atoms with Crippen molar-refractivity contribution in [2.45, 2.75) is 50.7 Å². The fourth-order valence-electron chi connectivity index (χ4n) is 1.89. The number of esters is 1. The van der Waals surface area contributed by atoms with Crippen molar-refractivity contribution in [2.75, 3.05) is 7.11 Å². The van der Waals surface area contributed by atoms with Crippen LogP contribution in [0.4, 0.5) is 0 Å². The molecule has 1 aromatic carbocycles. The summed E-state index contributed by atoms with van der Waals surface area (Å²) >= 11 is 1.64. The van der Waals surface area contributed by atoms with Crippen molar-refractivity contribution in [1.82, 2.24) is 0 Å². The van der Waals surface area contributed by atoms with E-state index < -0.39 is 0 Å². The third-order valence-corrected chi connectivity index (χ3v) is 4.53. The van der Waals surface area contributed by atoms with E-state index in [4.69, 9.17) is 4.74 Å². The smallest absolute Gasteiger partial charge is 0.306 e. The lowest BCUT2D eigenvalue weighted by Crippen LogP contribution is -2.21. The third kappa shape index (κ3) is 3.90. The van der Waals surface area contributed by atoms with Crippen LogP contribution >= 0.6 is 11.8 Å². The lowest BCUT2D eigenvalue weighted by molar-refractivity contribution is -0.141. The average Bonchev–Trinajstić information content (AvgIpc) is 2.32. The highest BCUT2D eigenvalue weighted by Gasteiger charge is 2.25. The van der Waals surface area contributed by atoms with E-state index in [1.807, 2.05) is 40.7 Å². The van der Waals surface area contributed by atoms with Crippen molar-refractivity contribution in [2.24, 2.45) is 0 Å². The summed E-state index contributed by atoms with van der Waals surface area (Å²) in [6.45, 7) is 9.83. The molecule has 0 unspecified atom stereocenters. The number of ether oxygens (including phenoxy) is 1. The van der Waals surface area contributed by atoms with E-state index in [0.717, 1.165) is 21.6 Å². The summed E-state index contributed by atoms with van der Waals surface area (Å²) in [5.41, 5.74) is 2.82. The Morgan fingerprint density at radius 1 is 1.32 bits per heavy atom. The van der Waals surface area contributed by atoms with Crippen molar-refractivity contribution in [3.05, 3.63) is 22.8 Å². The number of benzene rings is 1. The average molecular weight is 282 g/mol. The zero-order chi connectivity index (χ0) is 14.8. The highest BCUT2D eigenvalue weighted by atomic mass is 32.2. The maximum absolute atomic E-state index is 11.4. The molecular formula is C15H22O3S. The Morgan fingerprint density at radius 2 is 1.89 bits per heavy atom. The normalized spacial score (nSPS) is 11.5. The standard InChI is InChI=1S/C15H22O3S/c1-9-7-12(10(2)11(3)14(9)17)19-15(4,5)8-13(16)18-6/h7,17H,8H2,1-6H3. The van der Waals surface area contributed by atoms with Crippen LogP contribution in [0.15, 0.2) is 11.0 Å². The van der Waals surface area contributed by atoms with Gasteiger partial charge in [-0.2, -0.15) is 0 Å². The first-order valence-corrected chi connectivity index (χ1v) is 7.05. The van der Waals surface area contributed by atoms with Crippen LogP contribution in [-0.2, 0) is 9.53 Å². The Labute approximate surface area is 119 Å². The predicted octanol–water partition coefficient (Wildman–Crippen LogP) is 3.75. The van der Waals surface area contributed by atoms with E-state index in [0.29, 0.717) is 12.2 Å². The molecule has 1 rings (SSSR count). The monoisotopic (exact) mass is 282 g/mol. The molecule has 0 heterocycles. The SMILES string of the molecule is COC(=O)CC(C)(C)Sc1cc(C)c(O)c(C)c1C. The number of phenols is 1. The molecule has 106 valence electrons. The molecule has 0 fully saturated rings. The molecule has 1 aromatic rings. The first kappa shape index (κ1) is 15.9. The Kier molecular flexibility index (Phi) is 4.91. The summed E-state index contributed by atoms with van der Waals surface area (Å²) in [6.07, 6.45) is 0.354. The predicted molar refractivity (Wildman–Crippen MR) is 78.9 cm³/mol. The molecule has 0 saturated carbocycles. The van der Waals surface area contributed by atoms with Gasteiger partial charge >= 0.3 is 5.97 Å². The number of rotatable bonds is 4. The van der Waals surface area contributed by atoms with Crippen LogP contribution in [0.25, 0.3) is 0 Å². The summed E-state index contributed by atoms with van der Waals surface area (Å²) in [6, 6.07) is 1.97. The molecule has 4 heteroatoms. The van der Waals surface area contributed by atoms with Crippen molar-refractivity contribution in [1.29, 1.82) is 0 Å². The highest BCUT2D eigenvalue weighted by Crippen LogP contribution is 2.40. The van der Waals surface area contributed by atoms with E-state index in [1.54, 1.807) is 11.8 Å². The van der Waals surface area contributed by atoms with E-state index >= 15 is 0 Å². The molecule has 0 spiro atoms. The van der Waals surface area contributed by atoms with Gasteiger partial charge in [0.25, 0.3) is 0 Å². The zero-order valence-corrected chi connectivity index (χ0v) is 13.3. The van der Waals surface area contributed by atoms with E-state index in [-0.39, 0.29) is 10.7 Å². The second kappa shape index (κ2) is 5.87. The minimum atomic E-state index is -0.242. The van der Waals surface area contributed by atoms with Crippen LogP contribution in [-0.4, -0.2) is 22.9 Å². The lowest BCUT2D eigenvalue weighted by atomic mass is 10.1. The number of aromatic hydroxyl groups is 1. The number of hydrogen-bond donors (Lipinski definition) is 1. The molecular weight excluding hydrogens is 260 g/mol. The number of thioether (sulfide) groups is 1. The molecule has 0 bridgehead atoms. The van der Waals surface area contributed by atoms with Crippen LogP contribution in [0.2, 0.25) is 0 Å². The lowest BCUT2D eigenvalue weighted by Gasteiger charge is -2.24. The Hall–Kier alpha value is -1.16. The van der Waals surface area contributed by atoms with E-state index in [9.17, 15) is 9.90 Å². The van der Waals surface area contributed by atoms with Gasteiger partial charge in [0.1, 0.15) is 5.75 Å². The largest absolute Gasteiger partial charge is 0.507 e. The molecule has 0 aromatic heterocycles. The van der Waals surface area contributed by atoms with Gasteiger partial charge in [-0.15, -0.1) is 11.8 Å². The minimum Gasteiger partial charge on any atom is -0.507 e. The minimum absolute atomic E-state index is 0.206. The summed E-state index contributed by atoms with van der Waals surface area (Å²) in [4.78, 5) is 12.5. The summed E-state index contributed by atoms with van der Waals surface area (Å²) in [5, 5.41) is 9.91. The molecule has 0 amide bonds. The maximum atomic E-state index is 11.4. The quantitative estimate of drug-likeness (QED) is 0.675. The van der Waals surface area contributed by atoms with Crippen molar-refractivity contribution >= 4 is 17.7 Å². The second-order valence-corrected chi connectivity index (χ2v) is 7.15. The molecule has 3 nitrogen and oxygen atoms in total. The number of carbonyl (C=O) groups is 1. The molecule has 0 atom stereocenters. The van der Waals surface area contributed by atoms with Gasteiger partial charge in [0, 0.05) is 9.64 Å². The molecule has 0 aliphatic carbocycles. The second-order valence-electron chi connectivity index (χ2n) is 5.40. The van der Waals surface area contributed by atoms with Crippen LogP contribution in [0.1, 0.15) is 37.0 Å². The highest BCUT2D eigenvalue weighted by molar-refractivity contribution is 8.00. The summed E-state index contributed by atoms with van der Waals surface area (Å²) in [5.74, 6) is 0.148. The molecule has 1 N–H and O–H groups in total. The van der Waals surface area contributed by atoms with Gasteiger partial charge in [0.15, 0.2) is 0 Å². The van der Waals surface area contributed by atoms with Crippen LogP contribution in [0, 0.1) is 20.8 Å². The van der Waals surface area contributed by atoms with Crippen molar-refractivity contribution in [3.8, 4) is 5.75 Å². The molecule has 0 saturated heterocycles. The van der Waals surface area contributed by atoms with Gasteiger partial charge in [-0.25, -0.2) is 0 Å². The first-order valence-electron chi connectivity index (χ1n) is 6.23. The number of hydrogen-bond acceptors (Lipinski definition) is 4. The Morgan fingerprint density at radius 3 is 2.42 bits per heavy atom. The summed E-state index contributed by atoms with van der Waals surface area (Å²) in [7, 11) is 1.41. The van der Waals surface area contributed by atoms with Gasteiger partial charge in [0.2, 0.25) is 0 Å². The molecule has 0 radical (unpaired) electrons. The van der Waals surface area contributed by atoms with Gasteiger partial charge in [-0.3, -0.25) is 4.79 Å². The molecule has 0 aliphatic rings. The first-order chi connectivity index (χ1) is 8.68. The van der Waals surface area contributed by atoms with E-state index in [2.05, 4.69) is 0 Å². The van der Waals surface area contributed by atoms with Crippen LogP contribution in [0.3, 0.4) is 0 Å². The van der Waals surface area contributed by atoms with Gasteiger partial charge in [0.05, 0.1) is 13.5 Å². The molecule has 0 aliphatic heterocycles. The number of aryl methyl sites for hydroxylation is 1. The van der Waals surface area contributed by atoms with E-state index in [1.165, 1.54) is 7.11 Å². The van der Waals surface area contributed by atoms with Gasteiger partial charge in [-0.1, -0.05) is 0 Å². The van der Waals surface area contributed by atoms with Gasteiger partial charge < -0.3 is 9.84 Å². The third-order valence-electron chi connectivity index (χ3n) is 3.19. The van der Waals surface area contributed by atoms with Crippen molar-refractivity contribution < 1.29 is 14.6 Å². The van der Waals surface area contributed by atoms with Crippen LogP contribution < -0.4 is 0 Å². The number of phenolic OH excluding ortho intramolecular Hbond substituents is 1. The van der Waals surface area contributed by atoms with Crippen molar-refractivity contribution in [3.63, 3.8) is 0 Å². The fourth-order valence-corrected chi connectivity index (χ4v) is 3.22. The van der Waals surface area contributed by atoms with Crippen LogP contribution in [0.5, 0.6) is 5.75 Å². The number of carbonyl (C=O) groups excluding carboxylic acids is 1. The topological polar surface area (TPSA) is 46.5 Å². The van der Waals surface area contributed by atoms with Gasteiger partial charge in [-0.05, 0) is 57.4 Å².